The van der Waals surface area contributed by atoms with E-state index in [1.54, 1.807) is 19.2 Å². The normalized spacial score (nSPS) is 20.6. The molecule has 1 fully saturated rings. The number of imide groups is 1. The number of hydrazine groups is 1. The number of fused-ring (bicyclic) bond motifs is 3. The zero-order chi connectivity index (χ0) is 20.7. The fourth-order valence-electron chi connectivity index (χ4n) is 4.61. The number of hydrogen-bond donors (Lipinski definition) is 0. The lowest BCUT2D eigenvalue weighted by Crippen LogP contribution is -2.46. The average Bonchev–Trinajstić information content (AvgIpc) is 3.11. The Morgan fingerprint density at radius 1 is 0.933 bits per heavy atom. The topological polar surface area (TPSA) is 49.9 Å². The maximum absolute atomic E-state index is 13.7. The minimum Gasteiger partial charge on any atom is -0.497 e. The Morgan fingerprint density at radius 3 is 2.37 bits per heavy atom. The van der Waals surface area contributed by atoms with E-state index >= 15 is 0 Å². The Morgan fingerprint density at radius 2 is 1.63 bits per heavy atom. The maximum atomic E-state index is 13.7. The molecule has 0 saturated carbocycles. The first-order valence-electron chi connectivity index (χ1n) is 10.1. The summed E-state index contributed by atoms with van der Waals surface area (Å²) in [4.78, 5) is 27.0. The Kier molecular flexibility index (Phi) is 4.60. The number of carbonyl (C=O) groups is 2. The van der Waals surface area contributed by atoms with E-state index in [9.17, 15) is 9.59 Å². The van der Waals surface area contributed by atoms with Gasteiger partial charge in [0.1, 0.15) is 5.75 Å². The minimum absolute atomic E-state index is 0.185. The predicted octanol–water partition coefficient (Wildman–Crippen LogP) is 3.98. The summed E-state index contributed by atoms with van der Waals surface area (Å²) in [5.74, 6) is -0.177. The van der Waals surface area contributed by atoms with Gasteiger partial charge in [0.05, 0.1) is 19.1 Å². The van der Waals surface area contributed by atoms with Gasteiger partial charge in [0.2, 0.25) is 0 Å². The first kappa shape index (κ1) is 18.6. The van der Waals surface area contributed by atoms with Crippen LogP contribution in [-0.4, -0.2) is 35.5 Å². The molecule has 0 unspecified atom stereocenters. The number of ether oxygens (including phenoxy) is 1. The highest BCUT2D eigenvalue weighted by Crippen LogP contribution is 2.47. The number of nitrogens with zero attached hydrogens (tertiary/aromatic N) is 2. The van der Waals surface area contributed by atoms with Crippen LogP contribution in [0.3, 0.4) is 0 Å². The quantitative estimate of drug-likeness (QED) is 0.627. The molecule has 5 nitrogen and oxygen atoms in total. The SMILES string of the molecule is COc1ccc([C@@H]2C(=O)N(C(=O)c3ccccc3)N3CCc4ccccc4[C@@H]23)cc1. The summed E-state index contributed by atoms with van der Waals surface area (Å²) >= 11 is 0. The van der Waals surface area contributed by atoms with Crippen molar-refractivity contribution >= 4 is 11.8 Å². The van der Waals surface area contributed by atoms with Crippen LogP contribution in [-0.2, 0) is 11.2 Å². The third kappa shape index (κ3) is 2.90. The molecule has 0 bridgehead atoms. The van der Waals surface area contributed by atoms with Crippen LogP contribution in [0.25, 0.3) is 0 Å². The molecule has 0 N–H and O–H groups in total. The molecule has 3 aromatic rings. The number of amides is 2. The van der Waals surface area contributed by atoms with Crippen molar-refractivity contribution < 1.29 is 14.3 Å². The smallest absolute Gasteiger partial charge is 0.275 e. The molecule has 30 heavy (non-hydrogen) atoms. The molecule has 0 aromatic heterocycles. The number of methoxy groups -OCH3 is 1. The van der Waals surface area contributed by atoms with E-state index in [-0.39, 0.29) is 17.9 Å². The second-order valence-electron chi connectivity index (χ2n) is 7.63. The van der Waals surface area contributed by atoms with E-state index in [0.717, 1.165) is 23.3 Å². The van der Waals surface area contributed by atoms with E-state index in [2.05, 4.69) is 12.1 Å². The summed E-state index contributed by atoms with van der Waals surface area (Å²) < 4.78 is 5.28. The molecule has 150 valence electrons. The van der Waals surface area contributed by atoms with Crippen LogP contribution in [0.4, 0.5) is 0 Å². The lowest BCUT2D eigenvalue weighted by Gasteiger charge is -2.36. The van der Waals surface area contributed by atoms with Crippen LogP contribution in [0.1, 0.15) is 39.0 Å². The highest BCUT2D eigenvalue weighted by molar-refractivity contribution is 6.07. The van der Waals surface area contributed by atoms with Gasteiger partial charge < -0.3 is 4.74 Å². The van der Waals surface area contributed by atoms with E-state index in [0.29, 0.717) is 12.1 Å². The van der Waals surface area contributed by atoms with Gasteiger partial charge in [0, 0.05) is 12.1 Å². The van der Waals surface area contributed by atoms with Gasteiger partial charge in [-0.25, -0.2) is 10.0 Å². The zero-order valence-electron chi connectivity index (χ0n) is 16.7. The van der Waals surface area contributed by atoms with Gasteiger partial charge in [0.25, 0.3) is 11.8 Å². The molecule has 2 aliphatic rings. The Bertz CT molecular complexity index is 1090. The van der Waals surface area contributed by atoms with Gasteiger partial charge in [-0.2, -0.15) is 0 Å². The van der Waals surface area contributed by atoms with Crippen LogP contribution in [0.15, 0.2) is 78.9 Å². The van der Waals surface area contributed by atoms with Crippen LogP contribution in [0, 0.1) is 0 Å². The second-order valence-corrected chi connectivity index (χ2v) is 7.63. The van der Waals surface area contributed by atoms with Crippen molar-refractivity contribution in [1.29, 1.82) is 0 Å². The zero-order valence-corrected chi connectivity index (χ0v) is 16.7. The van der Waals surface area contributed by atoms with E-state index in [1.807, 2.05) is 59.6 Å². The van der Waals surface area contributed by atoms with Crippen LogP contribution in [0.5, 0.6) is 5.75 Å². The molecule has 5 heteroatoms. The van der Waals surface area contributed by atoms with Crippen molar-refractivity contribution in [2.24, 2.45) is 0 Å². The van der Waals surface area contributed by atoms with Crippen LogP contribution < -0.4 is 4.74 Å². The Labute approximate surface area is 175 Å². The third-order valence-corrected chi connectivity index (χ3v) is 6.04. The molecule has 3 aromatic carbocycles. The van der Waals surface area contributed by atoms with Crippen molar-refractivity contribution in [3.05, 3.63) is 101 Å². The molecular formula is C25H22N2O3. The van der Waals surface area contributed by atoms with E-state index in [4.69, 9.17) is 4.74 Å². The summed E-state index contributed by atoms with van der Waals surface area (Å²) in [6.07, 6.45) is 0.799. The third-order valence-electron chi connectivity index (χ3n) is 6.04. The second kappa shape index (κ2) is 7.43. The van der Waals surface area contributed by atoms with Crippen molar-refractivity contribution in [3.63, 3.8) is 0 Å². The summed E-state index contributed by atoms with van der Waals surface area (Å²) in [7, 11) is 1.62. The monoisotopic (exact) mass is 398 g/mol. The van der Waals surface area contributed by atoms with Crippen molar-refractivity contribution in [1.82, 2.24) is 10.0 Å². The van der Waals surface area contributed by atoms with Gasteiger partial charge in [-0.1, -0.05) is 54.6 Å². The Hall–Kier alpha value is -3.44. The van der Waals surface area contributed by atoms with Gasteiger partial charge in [-0.3, -0.25) is 9.59 Å². The van der Waals surface area contributed by atoms with Crippen LogP contribution in [0.2, 0.25) is 0 Å². The highest BCUT2D eigenvalue weighted by Gasteiger charge is 2.52. The lowest BCUT2D eigenvalue weighted by atomic mass is 9.83. The first-order valence-corrected chi connectivity index (χ1v) is 10.1. The lowest BCUT2D eigenvalue weighted by molar-refractivity contribution is -0.134. The molecule has 2 aliphatic heterocycles. The molecule has 0 radical (unpaired) electrons. The number of hydrogen-bond acceptors (Lipinski definition) is 4. The number of rotatable bonds is 3. The minimum atomic E-state index is -0.454. The van der Waals surface area contributed by atoms with Gasteiger partial charge >= 0.3 is 0 Å². The maximum Gasteiger partial charge on any atom is 0.275 e. The summed E-state index contributed by atoms with van der Waals surface area (Å²) in [5.41, 5.74) is 3.75. The standard InChI is InChI=1S/C25H22N2O3/c1-30-20-13-11-18(12-14-20)22-23-21-10-6-5-7-17(21)15-16-26(23)27(25(22)29)24(28)19-8-3-2-4-9-19/h2-14,22-23H,15-16H2,1H3/t22-,23-/m0/s1. The fourth-order valence-corrected chi connectivity index (χ4v) is 4.61. The van der Waals surface area contributed by atoms with E-state index < -0.39 is 5.92 Å². The largest absolute Gasteiger partial charge is 0.497 e. The van der Waals surface area contributed by atoms with E-state index in [1.165, 1.54) is 10.6 Å². The van der Waals surface area contributed by atoms with Gasteiger partial charge in [-0.15, -0.1) is 0 Å². The van der Waals surface area contributed by atoms with Crippen molar-refractivity contribution in [3.8, 4) is 5.75 Å². The predicted molar refractivity (Wildman–Crippen MR) is 113 cm³/mol. The fraction of sp³-hybridized carbons (Fsp3) is 0.200. The highest BCUT2D eigenvalue weighted by atomic mass is 16.5. The summed E-state index contributed by atoms with van der Waals surface area (Å²) in [6, 6.07) is 24.6. The molecule has 1 saturated heterocycles. The van der Waals surface area contributed by atoms with Crippen molar-refractivity contribution in [2.75, 3.05) is 13.7 Å². The molecule has 2 amide bonds. The van der Waals surface area contributed by atoms with Crippen molar-refractivity contribution in [2.45, 2.75) is 18.4 Å². The first-order chi connectivity index (χ1) is 14.7. The summed E-state index contributed by atoms with van der Waals surface area (Å²) in [6.45, 7) is 0.624. The van der Waals surface area contributed by atoms with Crippen LogP contribution >= 0.6 is 0 Å². The molecular weight excluding hydrogens is 376 g/mol. The average molecular weight is 398 g/mol. The van der Waals surface area contributed by atoms with Gasteiger partial charge in [0.15, 0.2) is 0 Å². The molecule has 0 aliphatic carbocycles. The molecule has 5 rings (SSSR count). The molecule has 2 atom stereocenters. The molecule has 2 heterocycles. The molecule has 0 spiro atoms. The summed E-state index contributed by atoms with van der Waals surface area (Å²) in [5, 5.41) is 3.32. The number of carbonyl (C=O) groups excluding carboxylic acids is 2. The number of benzene rings is 3. The van der Waals surface area contributed by atoms with Gasteiger partial charge in [-0.05, 0) is 47.4 Å². The Balaban J connectivity index is 1.62.